The van der Waals surface area contributed by atoms with Gasteiger partial charge in [-0.3, -0.25) is 19.7 Å². The fourth-order valence-corrected chi connectivity index (χ4v) is 3.15. The Kier molecular flexibility index (Phi) is 3.83. The van der Waals surface area contributed by atoms with Gasteiger partial charge in [0.25, 0.3) is 5.56 Å². The molecule has 0 amide bonds. The molecule has 3 heterocycles. The molecular formula is C15H21N5O3. The molecule has 0 bridgehead atoms. The maximum atomic E-state index is 12.5. The lowest BCUT2D eigenvalue weighted by Crippen LogP contribution is -2.41. The third-order valence-corrected chi connectivity index (χ3v) is 4.69. The molecule has 0 spiro atoms. The molecule has 1 aliphatic rings. The van der Waals surface area contributed by atoms with Crippen LogP contribution >= 0.6 is 0 Å². The van der Waals surface area contributed by atoms with E-state index in [0.29, 0.717) is 43.1 Å². The van der Waals surface area contributed by atoms with Crippen molar-refractivity contribution in [2.75, 3.05) is 24.6 Å². The number of H-pyrrole nitrogens is 2. The number of anilines is 1. The summed E-state index contributed by atoms with van der Waals surface area (Å²) in [6, 6.07) is 0. The molecule has 0 saturated carbocycles. The molecule has 23 heavy (non-hydrogen) atoms. The number of fused-ring (bicyclic) bond motifs is 1. The zero-order valence-corrected chi connectivity index (χ0v) is 13.5. The van der Waals surface area contributed by atoms with Gasteiger partial charge >= 0.3 is 5.97 Å². The number of esters is 1. The first-order valence-corrected chi connectivity index (χ1v) is 7.83. The van der Waals surface area contributed by atoms with Gasteiger partial charge in [-0.2, -0.15) is 10.1 Å². The predicted octanol–water partition coefficient (Wildman–Crippen LogP) is 1.06. The summed E-state index contributed by atoms with van der Waals surface area (Å²) < 4.78 is 5.28. The van der Waals surface area contributed by atoms with Crippen LogP contribution in [0.5, 0.6) is 0 Å². The summed E-state index contributed by atoms with van der Waals surface area (Å²) >= 11 is 0. The Balaban J connectivity index is 1.93. The average molecular weight is 319 g/mol. The fourth-order valence-electron chi connectivity index (χ4n) is 3.15. The zero-order valence-electron chi connectivity index (χ0n) is 13.5. The summed E-state index contributed by atoms with van der Waals surface area (Å²) in [5.74, 6) is 0.412. The largest absolute Gasteiger partial charge is 0.466 e. The Labute approximate surface area is 133 Å². The number of nitrogens with zero attached hydrogens (tertiary/aromatic N) is 3. The van der Waals surface area contributed by atoms with E-state index in [4.69, 9.17) is 4.74 Å². The van der Waals surface area contributed by atoms with Gasteiger partial charge in [0.2, 0.25) is 5.95 Å². The second kappa shape index (κ2) is 5.68. The molecule has 124 valence electrons. The van der Waals surface area contributed by atoms with Gasteiger partial charge in [-0.25, -0.2) is 0 Å². The lowest BCUT2D eigenvalue weighted by atomic mass is 9.76. The van der Waals surface area contributed by atoms with Crippen LogP contribution in [0.15, 0.2) is 11.0 Å². The molecule has 1 fully saturated rings. The molecule has 0 radical (unpaired) electrons. The van der Waals surface area contributed by atoms with Crippen LogP contribution in [0.25, 0.3) is 11.0 Å². The molecule has 2 aromatic rings. The Bertz CT molecular complexity index is 781. The van der Waals surface area contributed by atoms with Gasteiger partial charge in [0.15, 0.2) is 5.65 Å². The normalized spacial score (nSPS) is 21.3. The van der Waals surface area contributed by atoms with Gasteiger partial charge in [0.1, 0.15) is 5.39 Å². The van der Waals surface area contributed by atoms with E-state index in [2.05, 4.69) is 20.2 Å². The highest BCUT2D eigenvalue weighted by Crippen LogP contribution is 2.40. The summed E-state index contributed by atoms with van der Waals surface area (Å²) in [5, 5.41) is 6.98. The maximum absolute atomic E-state index is 12.5. The zero-order chi connectivity index (χ0) is 16.6. The molecule has 1 aliphatic heterocycles. The number of rotatable bonds is 4. The van der Waals surface area contributed by atoms with Gasteiger partial charge < -0.3 is 9.64 Å². The molecular weight excluding hydrogens is 298 g/mol. The van der Waals surface area contributed by atoms with Crippen LogP contribution in [0.2, 0.25) is 0 Å². The minimum Gasteiger partial charge on any atom is -0.466 e. The van der Waals surface area contributed by atoms with E-state index < -0.39 is 5.41 Å². The third kappa shape index (κ3) is 2.47. The number of hydrogen-bond acceptors (Lipinski definition) is 6. The highest BCUT2D eigenvalue weighted by molar-refractivity contribution is 5.79. The second-order valence-electron chi connectivity index (χ2n) is 6.22. The minimum absolute atomic E-state index is 0.133. The van der Waals surface area contributed by atoms with Crippen molar-refractivity contribution in [3.05, 3.63) is 16.6 Å². The molecule has 0 aromatic carbocycles. The first kappa shape index (κ1) is 15.5. The van der Waals surface area contributed by atoms with Crippen LogP contribution in [0, 0.1) is 11.3 Å². The number of aromatic nitrogens is 4. The van der Waals surface area contributed by atoms with E-state index in [1.165, 1.54) is 6.20 Å². The summed E-state index contributed by atoms with van der Waals surface area (Å²) in [7, 11) is 0. The topological polar surface area (TPSA) is 104 Å². The lowest BCUT2D eigenvalue weighted by molar-refractivity contribution is -0.156. The summed E-state index contributed by atoms with van der Waals surface area (Å²) in [4.78, 5) is 33.7. The minimum atomic E-state index is -0.572. The van der Waals surface area contributed by atoms with E-state index >= 15 is 0 Å². The monoisotopic (exact) mass is 319 g/mol. The molecule has 3 rings (SSSR count). The number of carbonyl (C=O) groups excluding carboxylic acids is 1. The van der Waals surface area contributed by atoms with E-state index in [1.54, 1.807) is 0 Å². The number of aromatic amines is 2. The van der Waals surface area contributed by atoms with Crippen LogP contribution in [-0.4, -0.2) is 45.8 Å². The number of hydrogen-bond donors (Lipinski definition) is 2. The smallest absolute Gasteiger partial charge is 0.314 e. The summed E-state index contributed by atoms with van der Waals surface area (Å²) in [5.41, 5.74) is -0.365. The molecule has 0 aliphatic carbocycles. The molecule has 8 heteroatoms. The Hall–Kier alpha value is -2.38. The van der Waals surface area contributed by atoms with Crippen LogP contribution in [0.4, 0.5) is 5.95 Å². The molecule has 8 nitrogen and oxygen atoms in total. The van der Waals surface area contributed by atoms with Gasteiger partial charge in [-0.15, -0.1) is 0 Å². The van der Waals surface area contributed by atoms with E-state index in [-0.39, 0.29) is 17.4 Å². The average Bonchev–Trinajstić information content (AvgIpc) is 3.15. The Morgan fingerprint density at radius 2 is 2.30 bits per heavy atom. The van der Waals surface area contributed by atoms with E-state index in [0.717, 1.165) is 0 Å². The van der Waals surface area contributed by atoms with Crippen molar-refractivity contribution >= 4 is 23.0 Å². The van der Waals surface area contributed by atoms with Gasteiger partial charge in [-0.05, 0) is 19.3 Å². The van der Waals surface area contributed by atoms with Crippen molar-refractivity contribution in [1.29, 1.82) is 0 Å². The highest BCUT2D eigenvalue weighted by Gasteiger charge is 2.48. The second-order valence-corrected chi connectivity index (χ2v) is 6.22. The molecule has 2 N–H and O–H groups in total. The van der Waals surface area contributed by atoms with Crippen LogP contribution in [0.1, 0.15) is 27.2 Å². The molecule has 2 aromatic heterocycles. The van der Waals surface area contributed by atoms with Crippen molar-refractivity contribution in [3.63, 3.8) is 0 Å². The summed E-state index contributed by atoms with van der Waals surface area (Å²) in [6.07, 6.45) is 2.13. The molecule has 1 saturated heterocycles. The number of ether oxygens (including phenoxy) is 1. The first-order valence-electron chi connectivity index (χ1n) is 7.83. The predicted molar refractivity (Wildman–Crippen MR) is 85.2 cm³/mol. The lowest BCUT2D eigenvalue weighted by Gasteiger charge is -2.30. The van der Waals surface area contributed by atoms with Crippen molar-refractivity contribution in [2.45, 2.75) is 27.2 Å². The third-order valence-electron chi connectivity index (χ3n) is 4.69. The van der Waals surface area contributed by atoms with Crippen molar-refractivity contribution in [3.8, 4) is 0 Å². The number of carbonyl (C=O) groups is 1. The van der Waals surface area contributed by atoms with Crippen LogP contribution < -0.4 is 10.5 Å². The van der Waals surface area contributed by atoms with Crippen LogP contribution in [-0.2, 0) is 9.53 Å². The summed E-state index contributed by atoms with van der Waals surface area (Å²) in [6.45, 7) is 7.33. The van der Waals surface area contributed by atoms with Gasteiger partial charge in [0.05, 0.1) is 18.2 Å². The fraction of sp³-hybridized carbons (Fsp3) is 0.600. The Morgan fingerprint density at radius 3 is 3.00 bits per heavy atom. The van der Waals surface area contributed by atoms with Crippen molar-refractivity contribution in [2.24, 2.45) is 11.3 Å². The highest BCUT2D eigenvalue weighted by atomic mass is 16.5. The SMILES string of the molecule is CCOC(=O)C1(C(C)C)CCN(c2nc3[nH]ncc3c(=O)[nH]2)C1. The van der Waals surface area contributed by atoms with Crippen LogP contribution in [0.3, 0.4) is 0 Å². The van der Waals surface area contributed by atoms with Gasteiger partial charge in [-0.1, -0.05) is 13.8 Å². The quantitative estimate of drug-likeness (QED) is 0.817. The first-order chi connectivity index (χ1) is 11.0. The Morgan fingerprint density at radius 1 is 1.52 bits per heavy atom. The van der Waals surface area contributed by atoms with Gasteiger partial charge in [0, 0.05) is 13.1 Å². The van der Waals surface area contributed by atoms with E-state index in [1.807, 2.05) is 25.7 Å². The van der Waals surface area contributed by atoms with Crippen molar-refractivity contribution < 1.29 is 9.53 Å². The van der Waals surface area contributed by atoms with Crippen molar-refractivity contribution in [1.82, 2.24) is 20.2 Å². The van der Waals surface area contributed by atoms with E-state index in [9.17, 15) is 9.59 Å². The number of nitrogens with one attached hydrogen (secondary N) is 2. The molecule has 1 unspecified atom stereocenters. The molecule has 1 atom stereocenters. The standard InChI is InChI=1S/C15H21N5O3/c1-4-23-13(22)15(9(2)3)5-6-20(8-15)14-17-11-10(7-16-19-11)12(21)18-14/h7,9H,4-6,8H2,1-3H3,(H2,16,17,18,19,21). The maximum Gasteiger partial charge on any atom is 0.314 e.